The first-order chi connectivity index (χ1) is 9.83. The van der Waals surface area contributed by atoms with Crippen molar-refractivity contribution >= 4 is 10.1 Å². The van der Waals surface area contributed by atoms with Gasteiger partial charge in [0, 0.05) is 18.5 Å². The third-order valence-corrected chi connectivity index (χ3v) is 5.25. The van der Waals surface area contributed by atoms with Crippen LogP contribution in [-0.2, 0) is 10.1 Å². The number of aliphatic hydroxyl groups is 1. The first-order valence-electron chi connectivity index (χ1n) is 7.26. The summed E-state index contributed by atoms with van der Waals surface area (Å²) in [6, 6.07) is 5.99. The third kappa shape index (κ3) is 4.03. The van der Waals surface area contributed by atoms with E-state index in [1.54, 1.807) is 12.1 Å². The Morgan fingerprint density at radius 1 is 1.19 bits per heavy atom. The quantitative estimate of drug-likeness (QED) is 0.688. The summed E-state index contributed by atoms with van der Waals surface area (Å²) in [5.41, 5.74) is 1.26. The largest absolute Gasteiger partial charge is 0.392 e. The SMILES string of the molecule is Cc1ccc(S(=O)(=O)O)cc1.OC1CCCCC12CNC2. The summed E-state index contributed by atoms with van der Waals surface area (Å²) >= 11 is 0. The topological polar surface area (TPSA) is 86.6 Å². The standard InChI is InChI=1S/C8H15NO.C7H8O3S/c10-7-3-1-2-4-8(7)5-9-6-8;1-6-2-4-7(5-3-6)11(8,9)10/h7,9-10H,1-6H2;2-5H,1H3,(H,8,9,10). The van der Waals surface area contributed by atoms with E-state index in [0.29, 0.717) is 5.41 Å². The molecule has 0 radical (unpaired) electrons. The van der Waals surface area contributed by atoms with Crippen LogP contribution in [0.25, 0.3) is 0 Å². The molecule has 0 aromatic heterocycles. The molecular formula is C15H23NO4S. The molecule has 3 N–H and O–H groups in total. The molecule has 2 aliphatic rings. The molecule has 1 heterocycles. The number of aryl methyl sites for hydroxylation is 1. The second-order valence-corrected chi connectivity index (χ2v) is 7.44. The van der Waals surface area contributed by atoms with E-state index in [-0.39, 0.29) is 11.0 Å². The number of aliphatic hydroxyl groups excluding tert-OH is 1. The van der Waals surface area contributed by atoms with Gasteiger partial charge < -0.3 is 10.4 Å². The average Bonchev–Trinajstić information content (AvgIpc) is 2.37. The van der Waals surface area contributed by atoms with Gasteiger partial charge in [0.2, 0.25) is 0 Å². The summed E-state index contributed by atoms with van der Waals surface area (Å²) in [7, 11) is -4.02. The van der Waals surface area contributed by atoms with Crippen LogP contribution in [0.3, 0.4) is 0 Å². The van der Waals surface area contributed by atoms with Gasteiger partial charge in [0.25, 0.3) is 10.1 Å². The maximum Gasteiger partial charge on any atom is 0.294 e. The van der Waals surface area contributed by atoms with Crippen molar-refractivity contribution in [2.45, 2.75) is 43.6 Å². The minimum absolute atomic E-state index is 0.0116. The predicted octanol–water partition coefficient (Wildman–Crippen LogP) is 1.75. The van der Waals surface area contributed by atoms with Crippen LogP contribution in [0, 0.1) is 12.3 Å². The van der Waals surface area contributed by atoms with Gasteiger partial charge in [-0.1, -0.05) is 30.5 Å². The van der Waals surface area contributed by atoms with Crippen LogP contribution in [0.2, 0.25) is 0 Å². The lowest BCUT2D eigenvalue weighted by atomic mass is 9.68. The lowest BCUT2D eigenvalue weighted by Gasteiger charge is -2.48. The monoisotopic (exact) mass is 313 g/mol. The summed E-state index contributed by atoms with van der Waals surface area (Å²) in [6.07, 6.45) is 4.80. The fraction of sp³-hybridized carbons (Fsp3) is 0.600. The molecular weight excluding hydrogens is 290 g/mol. The zero-order valence-electron chi connectivity index (χ0n) is 12.2. The molecule has 1 spiro atoms. The molecule has 118 valence electrons. The summed E-state index contributed by atoms with van der Waals surface area (Å²) in [4.78, 5) is -0.0666. The second kappa shape index (κ2) is 6.44. The minimum atomic E-state index is -4.02. The summed E-state index contributed by atoms with van der Waals surface area (Å²) < 4.78 is 29.6. The fourth-order valence-corrected chi connectivity index (χ4v) is 3.34. The van der Waals surface area contributed by atoms with Gasteiger partial charge in [-0.05, 0) is 31.9 Å². The van der Waals surface area contributed by atoms with Crippen LogP contribution in [0.5, 0.6) is 0 Å². The Bertz CT molecular complexity index is 564. The van der Waals surface area contributed by atoms with Crippen molar-refractivity contribution in [1.29, 1.82) is 0 Å². The zero-order valence-corrected chi connectivity index (χ0v) is 13.1. The molecule has 0 amide bonds. The molecule has 6 heteroatoms. The lowest BCUT2D eigenvalue weighted by molar-refractivity contribution is -0.0464. The first kappa shape index (κ1) is 16.4. The summed E-state index contributed by atoms with van der Waals surface area (Å²) in [6.45, 7) is 3.94. The summed E-state index contributed by atoms with van der Waals surface area (Å²) in [5.74, 6) is 0. The molecule has 1 saturated heterocycles. The average molecular weight is 313 g/mol. The third-order valence-electron chi connectivity index (χ3n) is 4.38. The maximum absolute atomic E-state index is 10.5. The Labute approximate surface area is 126 Å². The van der Waals surface area contributed by atoms with Crippen LogP contribution >= 0.6 is 0 Å². The van der Waals surface area contributed by atoms with Gasteiger partial charge in [-0.25, -0.2) is 0 Å². The van der Waals surface area contributed by atoms with Crippen LogP contribution in [-0.4, -0.2) is 37.3 Å². The second-order valence-electron chi connectivity index (χ2n) is 6.02. The van der Waals surface area contributed by atoms with Crippen molar-refractivity contribution in [1.82, 2.24) is 5.32 Å². The Kier molecular flexibility index (Phi) is 5.03. The highest BCUT2D eigenvalue weighted by molar-refractivity contribution is 7.85. The fourth-order valence-electron chi connectivity index (χ4n) is 2.86. The van der Waals surface area contributed by atoms with Crippen molar-refractivity contribution in [2.24, 2.45) is 5.41 Å². The molecule has 1 aromatic carbocycles. The Morgan fingerprint density at radius 2 is 1.81 bits per heavy atom. The molecule has 1 aromatic rings. The molecule has 1 saturated carbocycles. The Morgan fingerprint density at radius 3 is 2.19 bits per heavy atom. The van der Waals surface area contributed by atoms with E-state index in [0.717, 1.165) is 25.1 Å². The molecule has 2 fully saturated rings. The Hall–Kier alpha value is -0.950. The predicted molar refractivity (Wildman–Crippen MR) is 80.8 cm³/mol. The number of hydrogen-bond acceptors (Lipinski definition) is 4. The van der Waals surface area contributed by atoms with Crippen LogP contribution in [0.1, 0.15) is 31.2 Å². The van der Waals surface area contributed by atoms with E-state index >= 15 is 0 Å². The van der Waals surface area contributed by atoms with Gasteiger partial charge in [-0.2, -0.15) is 8.42 Å². The number of rotatable bonds is 1. The first-order valence-corrected chi connectivity index (χ1v) is 8.70. The van der Waals surface area contributed by atoms with E-state index in [9.17, 15) is 13.5 Å². The van der Waals surface area contributed by atoms with Gasteiger partial charge in [0.1, 0.15) is 0 Å². The maximum atomic E-state index is 10.5. The zero-order chi connectivity index (χ0) is 15.5. The van der Waals surface area contributed by atoms with Gasteiger partial charge in [0.05, 0.1) is 11.0 Å². The van der Waals surface area contributed by atoms with E-state index in [2.05, 4.69) is 5.32 Å². The van der Waals surface area contributed by atoms with Gasteiger partial charge in [-0.15, -0.1) is 0 Å². The number of benzene rings is 1. The molecule has 3 rings (SSSR count). The minimum Gasteiger partial charge on any atom is -0.392 e. The molecule has 1 atom stereocenters. The van der Waals surface area contributed by atoms with E-state index in [1.807, 2.05) is 6.92 Å². The van der Waals surface area contributed by atoms with Crippen molar-refractivity contribution in [3.05, 3.63) is 29.8 Å². The number of hydrogen-bond donors (Lipinski definition) is 3. The normalized spacial score (nSPS) is 23.9. The number of nitrogens with one attached hydrogen (secondary N) is 1. The highest BCUT2D eigenvalue weighted by atomic mass is 32.2. The van der Waals surface area contributed by atoms with Crippen LogP contribution in [0.4, 0.5) is 0 Å². The Balaban J connectivity index is 0.000000154. The van der Waals surface area contributed by atoms with Crippen LogP contribution in [0.15, 0.2) is 29.2 Å². The molecule has 0 bridgehead atoms. The molecule has 1 aliphatic carbocycles. The van der Waals surface area contributed by atoms with Crippen LogP contribution < -0.4 is 5.32 Å². The van der Waals surface area contributed by atoms with E-state index in [1.165, 1.54) is 31.4 Å². The highest BCUT2D eigenvalue weighted by Gasteiger charge is 2.44. The van der Waals surface area contributed by atoms with E-state index in [4.69, 9.17) is 4.55 Å². The molecule has 1 unspecified atom stereocenters. The van der Waals surface area contributed by atoms with Crippen molar-refractivity contribution < 1.29 is 18.1 Å². The molecule has 5 nitrogen and oxygen atoms in total. The van der Waals surface area contributed by atoms with Crippen molar-refractivity contribution in [3.63, 3.8) is 0 Å². The molecule has 1 aliphatic heterocycles. The van der Waals surface area contributed by atoms with Crippen molar-refractivity contribution in [2.75, 3.05) is 13.1 Å². The lowest BCUT2D eigenvalue weighted by Crippen LogP contribution is -2.60. The summed E-state index contributed by atoms with van der Waals surface area (Å²) in [5, 5.41) is 12.9. The molecule has 21 heavy (non-hydrogen) atoms. The van der Waals surface area contributed by atoms with Gasteiger partial charge in [0.15, 0.2) is 0 Å². The van der Waals surface area contributed by atoms with Crippen molar-refractivity contribution in [3.8, 4) is 0 Å². The smallest absolute Gasteiger partial charge is 0.294 e. The van der Waals surface area contributed by atoms with Gasteiger partial charge >= 0.3 is 0 Å². The van der Waals surface area contributed by atoms with Gasteiger partial charge in [-0.3, -0.25) is 4.55 Å². The van der Waals surface area contributed by atoms with E-state index < -0.39 is 10.1 Å². The highest BCUT2D eigenvalue weighted by Crippen LogP contribution is 2.39.